The lowest BCUT2D eigenvalue weighted by molar-refractivity contribution is 0.415. The molecule has 0 atom stereocenters. The molecule has 0 bridgehead atoms. The molecule has 134 valence electrons. The van der Waals surface area contributed by atoms with Crippen LogP contribution in [0.5, 0.6) is 11.5 Å². The van der Waals surface area contributed by atoms with Crippen molar-refractivity contribution in [2.24, 2.45) is 0 Å². The Morgan fingerprint density at radius 3 is 1.77 bits per heavy atom. The van der Waals surface area contributed by atoms with Crippen LogP contribution in [-0.2, 0) is 6.42 Å². The molecule has 2 aromatic carbocycles. The monoisotopic (exact) mass is 365 g/mol. The van der Waals surface area contributed by atoms with Crippen molar-refractivity contribution in [2.45, 2.75) is 19.8 Å². The Morgan fingerprint density at radius 2 is 1.31 bits per heavy atom. The van der Waals surface area contributed by atoms with Gasteiger partial charge in [-0.1, -0.05) is 43.7 Å². The minimum Gasteiger partial charge on any atom is -0.497 e. The first-order valence-electron chi connectivity index (χ1n) is 8.79. The number of nitrogens with zero attached hydrogens (tertiary/aromatic N) is 1. The van der Waals surface area contributed by atoms with E-state index in [-0.39, 0.29) is 0 Å². The molecule has 26 heavy (non-hydrogen) atoms. The zero-order chi connectivity index (χ0) is 18.4. The standard InChI is InChI=1S/C22H24NO2P/c1-4-6-17-7-5-8-22(23-17)26(20-13-9-18(24-2)10-14-20)21-15-11-19(25-3)12-16-21/h5,7-16H,4,6H2,1-3H3. The molecule has 0 spiro atoms. The molecule has 0 saturated heterocycles. The van der Waals surface area contributed by atoms with E-state index in [9.17, 15) is 0 Å². The average Bonchev–Trinajstić information content (AvgIpc) is 2.70. The van der Waals surface area contributed by atoms with Crippen molar-refractivity contribution in [1.29, 1.82) is 0 Å². The molecule has 3 nitrogen and oxygen atoms in total. The van der Waals surface area contributed by atoms with Crippen molar-refractivity contribution >= 4 is 24.0 Å². The van der Waals surface area contributed by atoms with Gasteiger partial charge in [0, 0.05) is 13.6 Å². The zero-order valence-corrected chi connectivity index (χ0v) is 16.4. The van der Waals surface area contributed by atoms with Gasteiger partial charge in [-0.05, 0) is 53.4 Å². The third-order valence-electron chi connectivity index (χ3n) is 4.19. The second-order valence-electron chi connectivity index (χ2n) is 5.97. The van der Waals surface area contributed by atoms with Gasteiger partial charge in [0.2, 0.25) is 0 Å². The highest BCUT2D eigenvalue weighted by atomic mass is 31.1. The number of aryl methyl sites for hydroxylation is 1. The van der Waals surface area contributed by atoms with E-state index in [1.54, 1.807) is 14.2 Å². The molecular weight excluding hydrogens is 341 g/mol. The second kappa shape index (κ2) is 8.82. The van der Waals surface area contributed by atoms with E-state index in [0.29, 0.717) is 0 Å². The summed E-state index contributed by atoms with van der Waals surface area (Å²) >= 11 is 0. The van der Waals surface area contributed by atoms with Crippen LogP contribution >= 0.6 is 7.92 Å². The molecule has 3 rings (SSSR count). The third-order valence-corrected chi connectivity index (χ3v) is 6.52. The van der Waals surface area contributed by atoms with Crippen LogP contribution in [-0.4, -0.2) is 19.2 Å². The Hall–Kier alpha value is -2.38. The number of hydrogen-bond donors (Lipinski definition) is 0. The van der Waals surface area contributed by atoms with E-state index in [1.165, 1.54) is 10.6 Å². The molecule has 0 aliphatic rings. The lowest BCUT2D eigenvalue weighted by Crippen LogP contribution is -2.23. The molecule has 0 unspecified atom stereocenters. The van der Waals surface area contributed by atoms with Gasteiger partial charge in [0.05, 0.1) is 19.7 Å². The van der Waals surface area contributed by atoms with Crippen molar-refractivity contribution in [1.82, 2.24) is 4.98 Å². The predicted molar refractivity (Wildman–Crippen MR) is 110 cm³/mol. The fourth-order valence-electron chi connectivity index (χ4n) is 2.86. The van der Waals surface area contributed by atoms with Crippen LogP contribution in [0.1, 0.15) is 19.0 Å². The van der Waals surface area contributed by atoms with Gasteiger partial charge >= 0.3 is 0 Å². The molecule has 0 amide bonds. The number of ether oxygens (including phenoxy) is 2. The van der Waals surface area contributed by atoms with Crippen LogP contribution in [0.3, 0.4) is 0 Å². The summed E-state index contributed by atoms with van der Waals surface area (Å²) < 4.78 is 10.6. The minimum atomic E-state index is -0.730. The quantitative estimate of drug-likeness (QED) is 0.597. The largest absolute Gasteiger partial charge is 0.497 e. The van der Waals surface area contributed by atoms with Gasteiger partial charge in [0.25, 0.3) is 0 Å². The maximum Gasteiger partial charge on any atom is 0.118 e. The minimum absolute atomic E-state index is 0.730. The zero-order valence-electron chi connectivity index (χ0n) is 15.5. The highest BCUT2D eigenvalue weighted by molar-refractivity contribution is 7.79. The summed E-state index contributed by atoms with van der Waals surface area (Å²) in [6.45, 7) is 2.18. The molecule has 4 heteroatoms. The molecule has 0 fully saturated rings. The van der Waals surface area contributed by atoms with Crippen molar-refractivity contribution in [2.75, 3.05) is 14.2 Å². The summed E-state index contributed by atoms with van der Waals surface area (Å²) in [6.07, 6.45) is 2.10. The summed E-state index contributed by atoms with van der Waals surface area (Å²) in [5, 5.41) is 2.51. The topological polar surface area (TPSA) is 31.4 Å². The van der Waals surface area contributed by atoms with Crippen LogP contribution < -0.4 is 25.5 Å². The first kappa shape index (κ1) is 18.4. The number of methoxy groups -OCH3 is 2. The lowest BCUT2D eigenvalue weighted by Gasteiger charge is -2.19. The fraction of sp³-hybridized carbons (Fsp3) is 0.227. The molecule has 1 aromatic heterocycles. The van der Waals surface area contributed by atoms with E-state index in [4.69, 9.17) is 14.5 Å². The number of hydrogen-bond acceptors (Lipinski definition) is 3. The van der Waals surface area contributed by atoms with Gasteiger partial charge in [-0.3, -0.25) is 4.98 Å². The predicted octanol–water partition coefficient (Wildman–Crippen LogP) is 3.81. The van der Waals surface area contributed by atoms with Crippen molar-refractivity contribution < 1.29 is 9.47 Å². The Labute approximate surface area is 156 Å². The third kappa shape index (κ3) is 4.23. The van der Waals surface area contributed by atoms with Gasteiger partial charge in [-0.15, -0.1) is 0 Å². The summed E-state index contributed by atoms with van der Waals surface area (Å²) in [4.78, 5) is 4.97. The normalized spacial score (nSPS) is 10.8. The van der Waals surface area contributed by atoms with Crippen LogP contribution in [0.25, 0.3) is 0 Å². The van der Waals surface area contributed by atoms with E-state index >= 15 is 0 Å². The Balaban J connectivity index is 2.06. The molecule has 0 saturated carbocycles. The van der Waals surface area contributed by atoms with Gasteiger partial charge in [-0.2, -0.15) is 0 Å². The van der Waals surface area contributed by atoms with Crippen molar-refractivity contribution in [3.63, 3.8) is 0 Å². The first-order valence-corrected chi connectivity index (χ1v) is 10.1. The summed E-state index contributed by atoms with van der Waals surface area (Å²) in [5.74, 6) is 1.73. The van der Waals surface area contributed by atoms with Crippen LogP contribution in [0, 0.1) is 0 Å². The Kier molecular flexibility index (Phi) is 6.25. The number of rotatable bonds is 7. The van der Waals surface area contributed by atoms with Gasteiger partial charge in [0.15, 0.2) is 0 Å². The maximum atomic E-state index is 5.32. The SMILES string of the molecule is CCCc1cccc(P(c2ccc(OC)cc2)c2ccc(OC)cc2)n1. The Bertz CT molecular complexity index is 784. The summed E-state index contributed by atoms with van der Waals surface area (Å²) in [5.41, 5.74) is 2.28. The number of benzene rings is 2. The van der Waals surface area contributed by atoms with E-state index in [1.807, 2.05) is 24.3 Å². The van der Waals surface area contributed by atoms with Crippen LogP contribution in [0.2, 0.25) is 0 Å². The molecule has 1 heterocycles. The average molecular weight is 365 g/mol. The van der Waals surface area contributed by atoms with Crippen molar-refractivity contribution in [3.05, 3.63) is 72.4 Å². The highest BCUT2D eigenvalue weighted by Crippen LogP contribution is 2.33. The van der Waals surface area contributed by atoms with Gasteiger partial charge < -0.3 is 9.47 Å². The molecule has 3 aromatic rings. The fourth-order valence-corrected chi connectivity index (χ4v) is 5.05. The lowest BCUT2D eigenvalue weighted by atomic mass is 10.2. The number of pyridine rings is 1. The van der Waals surface area contributed by atoms with E-state index < -0.39 is 7.92 Å². The van der Waals surface area contributed by atoms with Crippen LogP contribution in [0.4, 0.5) is 0 Å². The summed E-state index contributed by atoms with van der Waals surface area (Å²) in [7, 11) is 2.65. The van der Waals surface area contributed by atoms with Crippen LogP contribution in [0.15, 0.2) is 66.7 Å². The molecule has 0 radical (unpaired) electrons. The highest BCUT2D eigenvalue weighted by Gasteiger charge is 2.18. The molecular formula is C22H24NO2P. The first-order chi connectivity index (χ1) is 12.7. The van der Waals surface area contributed by atoms with E-state index in [2.05, 4.69) is 49.4 Å². The van der Waals surface area contributed by atoms with Crippen molar-refractivity contribution in [3.8, 4) is 11.5 Å². The Morgan fingerprint density at radius 1 is 0.769 bits per heavy atom. The van der Waals surface area contributed by atoms with Gasteiger partial charge in [0.1, 0.15) is 11.5 Å². The van der Waals surface area contributed by atoms with Gasteiger partial charge in [-0.25, -0.2) is 0 Å². The molecule has 0 aliphatic heterocycles. The summed E-state index contributed by atoms with van der Waals surface area (Å²) in [6, 6.07) is 23.0. The molecule has 0 N–H and O–H groups in total. The maximum absolute atomic E-state index is 5.32. The molecule has 0 aliphatic carbocycles. The smallest absolute Gasteiger partial charge is 0.118 e. The number of aromatic nitrogens is 1. The van der Waals surface area contributed by atoms with E-state index in [0.717, 1.165) is 35.5 Å². The second-order valence-corrected chi connectivity index (χ2v) is 8.13.